The fraction of sp³-hybridized carbons (Fsp3) is 0. The highest BCUT2D eigenvalue weighted by atomic mass is 32.1. The van der Waals surface area contributed by atoms with Gasteiger partial charge in [0.25, 0.3) is 4.84 Å². The Morgan fingerprint density at radius 3 is 2.92 bits per heavy atom. The molecule has 12 heavy (non-hydrogen) atoms. The minimum Gasteiger partial charge on any atom is -0.428 e. The molecule has 2 aromatic rings. The zero-order valence-electron chi connectivity index (χ0n) is 6.15. The first-order valence-corrected chi connectivity index (χ1v) is 3.87. The van der Waals surface area contributed by atoms with E-state index < -0.39 is 0 Å². The predicted molar refractivity (Wildman–Crippen MR) is 47.1 cm³/mol. The topological polar surface area (TPSA) is 41.8 Å². The molecule has 0 fully saturated rings. The zero-order valence-corrected chi connectivity index (χ0v) is 6.97. The lowest BCUT2D eigenvalue weighted by Crippen LogP contribution is -1.76. The molecule has 1 N–H and O–H groups in total. The van der Waals surface area contributed by atoms with Gasteiger partial charge in [-0.25, -0.2) is 0 Å². The molecule has 0 aliphatic carbocycles. The van der Waals surface area contributed by atoms with E-state index in [2.05, 4.69) is 9.97 Å². The molecule has 4 heteroatoms. The van der Waals surface area contributed by atoms with Crippen molar-refractivity contribution in [1.29, 1.82) is 0 Å². The maximum absolute atomic E-state index is 5.17. The molecule has 0 saturated carbocycles. The van der Waals surface area contributed by atoms with Crippen molar-refractivity contribution in [2.24, 2.45) is 0 Å². The third kappa shape index (κ3) is 1.29. The molecule has 2 heterocycles. The quantitative estimate of drug-likeness (QED) is 0.682. The number of nitrogens with zero attached hydrogens (tertiary/aromatic N) is 1. The average molecular weight is 178 g/mol. The van der Waals surface area contributed by atoms with Gasteiger partial charge in [0.15, 0.2) is 5.76 Å². The van der Waals surface area contributed by atoms with E-state index in [9.17, 15) is 0 Å². The van der Waals surface area contributed by atoms with E-state index >= 15 is 0 Å². The van der Waals surface area contributed by atoms with Crippen LogP contribution in [0.2, 0.25) is 0 Å². The van der Waals surface area contributed by atoms with Crippen molar-refractivity contribution in [2.75, 3.05) is 0 Å². The molecule has 2 rings (SSSR count). The maximum Gasteiger partial charge on any atom is 0.266 e. The standard InChI is InChI=1S/C8H6N2OS/c12-8-10-5-7(11-8)6-3-1-2-4-9-6/h1-5H,(H,10,12). The Hall–Kier alpha value is -1.42. The third-order valence-corrected chi connectivity index (χ3v) is 1.64. The van der Waals surface area contributed by atoms with Crippen LogP contribution < -0.4 is 0 Å². The Labute approximate surface area is 74.1 Å². The lowest BCUT2D eigenvalue weighted by Gasteiger charge is -1.90. The van der Waals surface area contributed by atoms with Gasteiger partial charge in [0, 0.05) is 12.4 Å². The first-order valence-electron chi connectivity index (χ1n) is 3.46. The van der Waals surface area contributed by atoms with Crippen LogP contribution in [0.4, 0.5) is 0 Å². The van der Waals surface area contributed by atoms with Crippen molar-refractivity contribution in [1.82, 2.24) is 9.97 Å². The van der Waals surface area contributed by atoms with E-state index in [0.29, 0.717) is 10.6 Å². The van der Waals surface area contributed by atoms with E-state index in [1.54, 1.807) is 12.4 Å². The molecule has 3 nitrogen and oxygen atoms in total. The van der Waals surface area contributed by atoms with Crippen LogP contribution in [0.5, 0.6) is 0 Å². The van der Waals surface area contributed by atoms with E-state index in [4.69, 9.17) is 16.6 Å². The van der Waals surface area contributed by atoms with E-state index in [-0.39, 0.29) is 0 Å². The smallest absolute Gasteiger partial charge is 0.266 e. The summed E-state index contributed by atoms with van der Waals surface area (Å²) in [5.41, 5.74) is 0.782. The lowest BCUT2D eigenvalue weighted by molar-refractivity contribution is 0.552. The molecule has 2 aromatic heterocycles. The summed E-state index contributed by atoms with van der Waals surface area (Å²) < 4.78 is 5.17. The van der Waals surface area contributed by atoms with Gasteiger partial charge in [0.2, 0.25) is 0 Å². The SMILES string of the molecule is S=c1[nH]cc(-c2ccccn2)o1. The van der Waals surface area contributed by atoms with Crippen LogP contribution in [-0.2, 0) is 0 Å². The number of aromatic amines is 1. The number of rotatable bonds is 1. The summed E-state index contributed by atoms with van der Waals surface area (Å²) in [7, 11) is 0. The van der Waals surface area contributed by atoms with Gasteiger partial charge in [-0.3, -0.25) is 4.98 Å². The Morgan fingerprint density at radius 1 is 1.42 bits per heavy atom. The van der Waals surface area contributed by atoms with E-state index in [1.165, 1.54) is 0 Å². The number of oxazole rings is 1. The summed E-state index contributed by atoms with van der Waals surface area (Å²) >= 11 is 4.78. The highest BCUT2D eigenvalue weighted by Crippen LogP contribution is 2.14. The lowest BCUT2D eigenvalue weighted by atomic mass is 10.3. The van der Waals surface area contributed by atoms with Crippen LogP contribution in [-0.4, -0.2) is 9.97 Å². The molecule has 0 saturated heterocycles. The second kappa shape index (κ2) is 2.91. The first kappa shape index (κ1) is 7.24. The van der Waals surface area contributed by atoms with Gasteiger partial charge in [-0.05, 0) is 24.4 Å². The van der Waals surface area contributed by atoms with Crippen LogP contribution in [0.15, 0.2) is 35.0 Å². The molecule has 60 valence electrons. The maximum atomic E-state index is 5.17. The monoisotopic (exact) mass is 178 g/mol. The van der Waals surface area contributed by atoms with Crippen molar-refractivity contribution in [2.45, 2.75) is 0 Å². The predicted octanol–water partition coefficient (Wildman–Crippen LogP) is 2.40. The molecule has 0 aliphatic rings. The number of nitrogens with one attached hydrogen (secondary N) is 1. The molecule has 0 radical (unpaired) electrons. The number of pyridine rings is 1. The van der Waals surface area contributed by atoms with E-state index in [1.807, 2.05) is 18.2 Å². The second-order valence-electron chi connectivity index (χ2n) is 2.26. The third-order valence-electron chi connectivity index (χ3n) is 1.44. The Kier molecular flexibility index (Phi) is 1.75. The van der Waals surface area contributed by atoms with Gasteiger partial charge in [-0.15, -0.1) is 0 Å². The van der Waals surface area contributed by atoms with Crippen LogP contribution in [0.3, 0.4) is 0 Å². The summed E-state index contributed by atoms with van der Waals surface area (Å²) in [5, 5.41) is 0. The molecule has 0 atom stereocenters. The number of aromatic nitrogens is 2. The Bertz CT molecular complexity index is 418. The van der Waals surface area contributed by atoms with Gasteiger partial charge >= 0.3 is 0 Å². The van der Waals surface area contributed by atoms with Crippen LogP contribution in [0, 0.1) is 4.84 Å². The molecular formula is C8H6N2OS. The first-order chi connectivity index (χ1) is 5.86. The van der Waals surface area contributed by atoms with E-state index in [0.717, 1.165) is 5.69 Å². The minimum atomic E-state index is 0.371. The molecule has 0 spiro atoms. The zero-order chi connectivity index (χ0) is 8.39. The fourth-order valence-electron chi connectivity index (χ4n) is 0.918. The largest absolute Gasteiger partial charge is 0.428 e. The van der Waals surface area contributed by atoms with Crippen LogP contribution >= 0.6 is 12.2 Å². The van der Waals surface area contributed by atoms with Gasteiger partial charge in [0.1, 0.15) is 5.69 Å². The molecular weight excluding hydrogens is 172 g/mol. The van der Waals surface area contributed by atoms with Crippen molar-refractivity contribution in [3.05, 3.63) is 35.4 Å². The number of hydrogen-bond acceptors (Lipinski definition) is 3. The molecule has 0 aromatic carbocycles. The highest BCUT2D eigenvalue weighted by Gasteiger charge is 2.00. The average Bonchev–Trinajstić information content (AvgIpc) is 2.54. The van der Waals surface area contributed by atoms with Crippen molar-refractivity contribution in [3.63, 3.8) is 0 Å². The van der Waals surface area contributed by atoms with Gasteiger partial charge in [-0.2, -0.15) is 0 Å². The van der Waals surface area contributed by atoms with Crippen molar-refractivity contribution < 1.29 is 4.42 Å². The summed E-state index contributed by atoms with van der Waals surface area (Å²) in [4.78, 5) is 7.25. The minimum absolute atomic E-state index is 0.371. The summed E-state index contributed by atoms with van der Waals surface area (Å²) in [5.74, 6) is 0.667. The second-order valence-corrected chi connectivity index (χ2v) is 2.63. The Balaban J connectivity index is 2.51. The van der Waals surface area contributed by atoms with Crippen LogP contribution in [0.1, 0.15) is 0 Å². The molecule has 0 bridgehead atoms. The summed E-state index contributed by atoms with van der Waals surface area (Å²) in [6.45, 7) is 0. The molecule has 0 unspecified atom stereocenters. The molecule has 0 aliphatic heterocycles. The van der Waals surface area contributed by atoms with Crippen molar-refractivity contribution in [3.8, 4) is 11.5 Å². The van der Waals surface area contributed by atoms with Gasteiger partial charge in [-0.1, -0.05) is 6.07 Å². The normalized spacial score (nSPS) is 10.0. The number of H-pyrrole nitrogens is 1. The molecule has 0 amide bonds. The van der Waals surface area contributed by atoms with Crippen molar-refractivity contribution >= 4 is 12.2 Å². The summed E-state index contributed by atoms with van der Waals surface area (Å²) in [6, 6.07) is 5.61. The van der Waals surface area contributed by atoms with Gasteiger partial charge < -0.3 is 9.40 Å². The van der Waals surface area contributed by atoms with Gasteiger partial charge in [0.05, 0.1) is 0 Å². The van der Waals surface area contributed by atoms with Crippen LogP contribution in [0.25, 0.3) is 11.5 Å². The fourth-order valence-corrected chi connectivity index (χ4v) is 1.07. The highest BCUT2D eigenvalue weighted by molar-refractivity contribution is 7.71. The summed E-state index contributed by atoms with van der Waals surface area (Å²) in [6.07, 6.45) is 3.41. The Morgan fingerprint density at radius 2 is 2.33 bits per heavy atom. The number of hydrogen-bond donors (Lipinski definition) is 1.